The Balaban J connectivity index is 2.36. The molecule has 2 nitrogen and oxygen atoms in total. The summed E-state index contributed by atoms with van der Waals surface area (Å²) in [5.41, 5.74) is 0. The van der Waals surface area contributed by atoms with E-state index in [1.54, 1.807) is 0 Å². The van der Waals surface area contributed by atoms with Gasteiger partial charge >= 0.3 is 0 Å². The maximum absolute atomic E-state index is 11.2. The van der Waals surface area contributed by atoms with Crippen molar-refractivity contribution >= 4 is 5.91 Å². The molecule has 1 fully saturated rings. The van der Waals surface area contributed by atoms with E-state index in [4.69, 9.17) is 0 Å². The Labute approximate surface area is 74.7 Å². The number of amides is 1. The molecule has 0 aromatic heterocycles. The van der Waals surface area contributed by atoms with Crippen LogP contribution in [0.5, 0.6) is 0 Å². The summed E-state index contributed by atoms with van der Waals surface area (Å²) in [4.78, 5) is 11.2. The van der Waals surface area contributed by atoms with Gasteiger partial charge in [-0.15, -0.1) is 0 Å². The minimum absolute atomic E-state index is 0.248. The highest BCUT2D eigenvalue weighted by Crippen LogP contribution is 2.15. The molecular formula is C10H19NO. The maximum Gasteiger partial charge on any atom is 0.220 e. The first-order valence-electron chi connectivity index (χ1n) is 4.98. The molecule has 70 valence electrons. The van der Waals surface area contributed by atoms with E-state index in [0.29, 0.717) is 12.0 Å². The van der Waals surface area contributed by atoms with E-state index in [9.17, 15) is 4.79 Å². The smallest absolute Gasteiger partial charge is 0.220 e. The number of carbonyl (C=O) groups is 1. The maximum atomic E-state index is 11.2. The Morgan fingerprint density at radius 3 is 2.92 bits per heavy atom. The van der Waals surface area contributed by atoms with Crippen molar-refractivity contribution in [2.24, 2.45) is 5.92 Å². The number of nitrogens with one attached hydrogen (secondary N) is 1. The number of hydrogen-bond donors (Lipinski definition) is 1. The SMILES string of the molecule is CC(C)C[C@H]1CCCCC(=O)N1. The van der Waals surface area contributed by atoms with Crippen molar-refractivity contribution in [1.82, 2.24) is 5.32 Å². The van der Waals surface area contributed by atoms with Crippen LogP contribution in [0.2, 0.25) is 0 Å². The fourth-order valence-electron chi connectivity index (χ4n) is 1.79. The lowest BCUT2D eigenvalue weighted by Gasteiger charge is -2.17. The first-order chi connectivity index (χ1) is 5.68. The molecule has 0 saturated carbocycles. The average molecular weight is 169 g/mol. The lowest BCUT2D eigenvalue weighted by Crippen LogP contribution is -2.33. The van der Waals surface area contributed by atoms with Crippen molar-refractivity contribution in [3.63, 3.8) is 0 Å². The second-order valence-corrected chi connectivity index (χ2v) is 4.14. The molecule has 1 rings (SSSR count). The summed E-state index contributed by atoms with van der Waals surface area (Å²) in [5, 5.41) is 3.07. The van der Waals surface area contributed by atoms with Crippen LogP contribution in [0, 0.1) is 5.92 Å². The number of carbonyl (C=O) groups excluding carboxylic acids is 1. The van der Waals surface area contributed by atoms with Crippen LogP contribution in [0.15, 0.2) is 0 Å². The standard InChI is InChI=1S/C10H19NO/c1-8(2)7-9-5-3-4-6-10(12)11-9/h8-9H,3-7H2,1-2H3,(H,11,12)/t9-/m1/s1. The Morgan fingerprint density at radius 2 is 2.25 bits per heavy atom. The molecule has 1 heterocycles. The van der Waals surface area contributed by atoms with Crippen LogP contribution >= 0.6 is 0 Å². The normalized spacial score (nSPS) is 25.2. The summed E-state index contributed by atoms with van der Waals surface area (Å²) in [6.07, 6.45) is 5.31. The molecule has 0 aliphatic carbocycles. The van der Waals surface area contributed by atoms with Crippen LogP contribution in [0.4, 0.5) is 0 Å². The molecule has 1 amide bonds. The molecule has 0 spiro atoms. The molecule has 0 aromatic carbocycles. The minimum atomic E-state index is 0.248. The van der Waals surface area contributed by atoms with Crippen LogP contribution in [0.1, 0.15) is 46.0 Å². The fourth-order valence-corrected chi connectivity index (χ4v) is 1.79. The van der Waals surface area contributed by atoms with E-state index in [1.807, 2.05) is 0 Å². The zero-order chi connectivity index (χ0) is 8.97. The molecule has 1 N–H and O–H groups in total. The van der Waals surface area contributed by atoms with Gasteiger partial charge in [0.15, 0.2) is 0 Å². The molecule has 0 aromatic rings. The first-order valence-corrected chi connectivity index (χ1v) is 4.98. The quantitative estimate of drug-likeness (QED) is 0.673. The largest absolute Gasteiger partial charge is 0.353 e. The summed E-state index contributed by atoms with van der Waals surface area (Å²) in [5.74, 6) is 0.937. The predicted molar refractivity (Wildman–Crippen MR) is 49.9 cm³/mol. The number of rotatable bonds is 2. The van der Waals surface area contributed by atoms with E-state index >= 15 is 0 Å². The van der Waals surface area contributed by atoms with Gasteiger partial charge in [0.25, 0.3) is 0 Å². The fraction of sp³-hybridized carbons (Fsp3) is 0.900. The third kappa shape index (κ3) is 3.24. The Hall–Kier alpha value is -0.530. The van der Waals surface area contributed by atoms with Gasteiger partial charge in [0.1, 0.15) is 0 Å². The molecule has 0 unspecified atom stereocenters. The molecule has 1 aliphatic heterocycles. The second-order valence-electron chi connectivity index (χ2n) is 4.14. The molecule has 0 bridgehead atoms. The predicted octanol–water partition coefficient (Wildman–Crippen LogP) is 2.09. The Bertz CT molecular complexity index is 154. The average Bonchev–Trinajstić information content (AvgIpc) is 2.12. The van der Waals surface area contributed by atoms with Gasteiger partial charge in [-0.3, -0.25) is 4.79 Å². The van der Waals surface area contributed by atoms with E-state index in [1.165, 1.54) is 12.8 Å². The van der Waals surface area contributed by atoms with Crippen molar-refractivity contribution in [3.8, 4) is 0 Å². The highest BCUT2D eigenvalue weighted by atomic mass is 16.1. The number of hydrogen-bond acceptors (Lipinski definition) is 1. The van der Waals surface area contributed by atoms with Crippen molar-refractivity contribution in [2.75, 3.05) is 0 Å². The third-order valence-electron chi connectivity index (χ3n) is 2.33. The van der Waals surface area contributed by atoms with E-state index < -0.39 is 0 Å². The molecular weight excluding hydrogens is 150 g/mol. The lowest BCUT2D eigenvalue weighted by molar-refractivity contribution is -0.121. The summed E-state index contributed by atoms with van der Waals surface area (Å²) >= 11 is 0. The van der Waals surface area contributed by atoms with Crippen LogP contribution in [0.25, 0.3) is 0 Å². The van der Waals surface area contributed by atoms with Crippen molar-refractivity contribution in [1.29, 1.82) is 0 Å². The molecule has 1 saturated heterocycles. The highest BCUT2D eigenvalue weighted by molar-refractivity contribution is 5.76. The summed E-state index contributed by atoms with van der Waals surface area (Å²) in [6.45, 7) is 4.41. The second kappa shape index (κ2) is 4.48. The lowest BCUT2D eigenvalue weighted by atomic mass is 10.0. The van der Waals surface area contributed by atoms with Gasteiger partial charge in [-0.05, 0) is 25.2 Å². The first kappa shape index (κ1) is 9.56. The molecule has 1 aliphatic rings. The van der Waals surface area contributed by atoms with Crippen LogP contribution < -0.4 is 5.32 Å². The van der Waals surface area contributed by atoms with Gasteiger partial charge in [-0.1, -0.05) is 20.3 Å². The van der Waals surface area contributed by atoms with Crippen molar-refractivity contribution in [3.05, 3.63) is 0 Å². The van der Waals surface area contributed by atoms with E-state index in [0.717, 1.165) is 19.3 Å². The van der Waals surface area contributed by atoms with Gasteiger partial charge in [-0.25, -0.2) is 0 Å². The van der Waals surface area contributed by atoms with Crippen molar-refractivity contribution < 1.29 is 4.79 Å². The van der Waals surface area contributed by atoms with Crippen molar-refractivity contribution in [2.45, 2.75) is 52.0 Å². The monoisotopic (exact) mass is 169 g/mol. The van der Waals surface area contributed by atoms with E-state index in [-0.39, 0.29) is 5.91 Å². The highest BCUT2D eigenvalue weighted by Gasteiger charge is 2.16. The van der Waals surface area contributed by atoms with Gasteiger partial charge in [0.05, 0.1) is 0 Å². The minimum Gasteiger partial charge on any atom is -0.353 e. The topological polar surface area (TPSA) is 29.1 Å². The summed E-state index contributed by atoms with van der Waals surface area (Å²) < 4.78 is 0. The Kier molecular flexibility index (Phi) is 3.57. The molecule has 0 radical (unpaired) electrons. The van der Waals surface area contributed by atoms with Crippen LogP contribution in [-0.4, -0.2) is 11.9 Å². The zero-order valence-electron chi connectivity index (χ0n) is 8.10. The molecule has 2 heteroatoms. The molecule has 1 atom stereocenters. The van der Waals surface area contributed by atoms with Gasteiger partial charge < -0.3 is 5.32 Å². The summed E-state index contributed by atoms with van der Waals surface area (Å²) in [7, 11) is 0. The molecule has 12 heavy (non-hydrogen) atoms. The summed E-state index contributed by atoms with van der Waals surface area (Å²) in [6, 6.07) is 0.444. The third-order valence-corrected chi connectivity index (χ3v) is 2.33. The zero-order valence-corrected chi connectivity index (χ0v) is 8.10. The Morgan fingerprint density at radius 1 is 1.50 bits per heavy atom. The van der Waals surface area contributed by atoms with Crippen LogP contribution in [-0.2, 0) is 4.79 Å². The van der Waals surface area contributed by atoms with Gasteiger partial charge in [0, 0.05) is 12.5 Å². The van der Waals surface area contributed by atoms with Crippen LogP contribution in [0.3, 0.4) is 0 Å². The van der Waals surface area contributed by atoms with Gasteiger partial charge in [-0.2, -0.15) is 0 Å². The van der Waals surface area contributed by atoms with E-state index in [2.05, 4.69) is 19.2 Å². The van der Waals surface area contributed by atoms with Gasteiger partial charge in [0.2, 0.25) is 5.91 Å².